The van der Waals surface area contributed by atoms with E-state index in [1.165, 1.54) is 88.1 Å². The number of aromatic nitrogens is 2. The largest absolute Gasteiger partial charge is 0.309 e. The number of benzene rings is 8. The average molecular weight is 649 g/mol. The van der Waals surface area contributed by atoms with Gasteiger partial charge in [-0.25, -0.2) is 0 Å². The van der Waals surface area contributed by atoms with Crippen LogP contribution in [0.15, 0.2) is 182 Å². The van der Waals surface area contributed by atoms with Gasteiger partial charge in [0.05, 0.1) is 22.1 Å². The third kappa shape index (κ3) is 4.23. The predicted octanol–water partition coefficient (Wildman–Crippen LogP) is 12.8. The van der Waals surface area contributed by atoms with Crippen LogP contribution in [0.4, 0.5) is 0 Å². The summed E-state index contributed by atoms with van der Waals surface area (Å²) in [5, 5.41) is 5.05. The molecule has 51 heavy (non-hydrogen) atoms. The van der Waals surface area contributed by atoms with Gasteiger partial charge in [0.1, 0.15) is 0 Å². The number of hydrogen-bond acceptors (Lipinski definition) is 0. The Bertz CT molecular complexity index is 2960. The highest BCUT2D eigenvalue weighted by molar-refractivity contribution is 6.12. The van der Waals surface area contributed by atoms with Crippen molar-refractivity contribution in [3.8, 4) is 44.8 Å². The highest BCUT2D eigenvalue weighted by Gasteiger charge is 2.21. The molecule has 1 aliphatic rings. The van der Waals surface area contributed by atoms with E-state index in [2.05, 4.69) is 191 Å². The van der Waals surface area contributed by atoms with Gasteiger partial charge in [0, 0.05) is 32.9 Å². The first-order valence-corrected chi connectivity index (χ1v) is 17.7. The van der Waals surface area contributed by atoms with Crippen LogP contribution in [0.5, 0.6) is 0 Å². The molecule has 0 bridgehead atoms. The summed E-state index contributed by atoms with van der Waals surface area (Å²) in [5.74, 6) is 0. The van der Waals surface area contributed by atoms with Crippen LogP contribution in [0.2, 0.25) is 0 Å². The molecule has 0 saturated carbocycles. The minimum atomic E-state index is 0.978. The van der Waals surface area contributed by atoms with E-state index in [1.807, 2.05) is 0 Å². The minimum absolute atomic E-state index is 0.978. The fourth-order valence-corrected chi connectivity index (χ4v) is 8.70. The SMILES string of the molecule is c1cc(-c2cccc(-n3c4ccccc4c4ccc(-n5c6ccccc6c6ccccc65)cc43)c2)cc(-c2cccc3c2Cc2ccccc2-3)c1. The maximum atomic E-state index is 2.44. The van der Waals surface area contributed by atoms with Gasteiger partial charge in [-0.05, 0) is 99.5 Å². The van der Waals surface area contributed by atoms with Crippen LogP contribution in [-0.2, 0) is 6.42 Å². The summed E-state index contributed by atoms with van der Waals surface area (Å²) in [4.78, 5) is 0. The first kappa shape index (κ1) is 28.2. The van der Waals surface area contributed by atoms with Crippen molar-refractivity contribution in [1.29, 1.82) is 0 Å². The maximum Gasteiger partial charge on any atom is 0.0561 e. The summed E-state index contributed by atoms with van der Waals surface area (Å²) < 4.78 is 4.85. The Morgan fingerprint density at radius 1 is 0.314 bits per heavy atom. The molecule has 2 nitrogen and oxygen atoms in total. The Morgan fingerprint density at radius 3 is 1.57 bits per heavy atom. The van der Waals surface area contributed by atoms with Gasteiger partial charge in [-0.1, -0.05) is 133 Å². The molecule has 2 heteroatoms. The minimum Gasteiger partial charge on any atom is -0.309 e. The molecule has 8 aromatic carbocycles. The number of hydrogen-bond donors (Lipinski definition) is 0. The normalized spacial score (nSPS) is 12.2. The van der Waals surface area contributed by atoms with Crippen LogP contribution in [0.25, 0.3) is 88.4 Å². The van der Waals surface area contributed by atoms with Gasteiger partial charge >= 0.3 is 0 Å². The first-order valence-electron chi connectivity index (χ1n) is 17.7. The van der Waals surface area contributed by atoms with E-state index >= 15 is 0 Å². The molecule has 0 atom stereocenters. The maximum absolute atomic E-state index is 2.44. The van der Waals surface area contributed by atoms with Gasteiger partial charge in [0.15, 0.2) is 0 Å². The standard InChI is InChI=1S/C49H32N2/c1-2-17-38-35(12-1)30-45-39(21-11-22-40(38)45)34-15-9-13-32(28-34)33-14-10-16-36(29-33)51-48-25-8-5-20-43(48)44-27-26-37(31-49(44)51)50-46-23-6-3-18-41(46)42-19-4-7-24-47(42)50/h1-29,31H,30H2. The second kappa shape index (κ2) is 10.9. The van der Waals surface area contributed by atoms with Gasteiger partial charge < -0.3 is 9.13 Å². The summed E-state index contributed by atoms with van der Waals surface area (Å²) in [7, 11) is 0. The van der Waals surface area contributed by atoms with E-state index in [0.717, 1.165) is 17.8 Å². The third-order valence-corrected chi connectivity index (χ3v) is 11.0. The predicted molar refractivity (Wildman–Crippen MR) is 214 cm³/mol. The van der Waals surface area contributed by atoms with Crippen LogP contribution in [0.3, 0.4) is 0 Å². The van der Waals surface area contributed by atoms with Gasteiger partial charge in [0.25, 0.3) is 0 Å². The molecule has 0 fully saturated rings. The van der Waals surface area contributed by atoms with Crippen molar-refractivity contribution in [2.45, 2.75) is 6.42 Å². The van der Waals surface area contributed by atoms with Crippen molar-refractivity contribution < 1.29 is 0 Å². The molecule has 238 valence electrons. The van der Waals surface area contributed by atoms with E-state index in [0.29, 0.717) is 0 Å². The molecule has 2 aromatic heterocycles. The molecule has 0 unspecified atom stereocenters. The van der Waals surface area contributed by atoms with Crippen molar-refractivity contribution >= 4 is 43.6 Å². The van der Waals surface area contributed by atoms with E-state index < -0.39 is 0 Å². The summed E-state index contributed by atoms with van der Waals surface area (Å²) in [6, 6.07) is 66.9. The second-order valence-corrected chi connectivity index (χ2v) is 13.7. The smallest absolute Gasteiger partial charge is 0.0561 e. The van der Waals surface area contributed by atoms with E-state index in [9.17, 15) is 0 Å². The van der Waals surface area contributed by atoms with E-state index in [-0.39, 0.29) is 0 Å². The zero-order chi connectivity index (χ0) is 33.5. The lowest BCUT2D eigenvalue weighted by molar-refractivity contribution is 1.15. The van der Waals surface area contributed by atoms with Gasteiger partial charge in [-0.2, -0.15) is 0 Å². The lowest BCUT2D eigenvalue weighted by atomic mass is 9.93. The second-order valence-electron chi connectivity index (χ2n) is 13.7. The summed E-state index contributed by atoms with van der Waals surface area (Å²) >= 11 is 0. The molecule has 0 radical (unpaired) electrons. The average Bonchev–Trinajstić information content (AvgIpc) is 3.85. The van der Waals surface area contributed by atoms with Crippen molar-refractivity contribution in [2.75, 3.05) is 0 Å². The van der Waals surface area contributed by atoms with Crippen molar-refractivity contribution in [2.24, 2.45) is 0 Å². The fraction of sp³-hybridized carbons (Fsp3) is 0.0204. The van der Waals surface area contributed by atoms with Crippen LogP contribution in [0.1, 0.15) is 11.1 Å². The zero-order valence-electron chi connectivity index (χ0n) is 27.9. The number of fused-ring (bicyclic) bond motifs is 9. The molecular formula is C49H32N2. The van der Waals surface area contributed by atoms with Crippen molar-refractivity contribution in [1.82, 2.24) is 9.13 Å². The van der Waals surface area contributed by atoms with Crippen LogP contribution < -0.4 is 0 Å². The van der Waals surface area contributed by atoms with Crippen LogP contribution in [-0.4, -0.2) is 9.13 Å². The quantitative estimate of drug-likeness (QED) is 0.180. The van der Waals surface area contributed by atoms with Gasteiger partial charge in [-0.3, -0.25) is 0 Å². The molecule has 0 spiro atoms. The molecule has 0 aliphatic heterocycles. The van der Waals surface area contributed by atoms with Crippen molar-refractivity contribution in [3.63, 3.8) is 0 Å². The fourth-order valence-electron chi connectivity index (χ4n) is 8.70. The highest BCUT2D eigenvalue weighted by Crippen LogP contribution is 2.42. The number of nitrogens with zero attached hydrogens (tertiary/aromatic N) is 2. The zero-order valence-corrected chi connectivity index (χ0v) is 27.9. The van der Waals surface area contributed by atoms with Crippen LogP contribution >= 0.6 is 0 Å². The number of rotatable bonds is 4. The van der Waals surface area contributed by atoms with Crippen molar-refractivity contribution in [3.05, 3.63) is 193 Å². The Kier molecular flexibility index (Phi) is 6.05. The summed E-state index contributed by atoms with van der Waals surface area (Å²) in [6.07, 6.45) is 0.978. The Labute approximate surface area is 296 Å². The lowest BCUT2D eigenvalue weighted by Gasteiger charge is -2.13. The molecule has 1 aliphatic carbocycles. The summed E-state index contributed by atoms with van der Waals surface area (Å²) in [5.41, 5.74) is 17.7. The van der Waals surface area contributed by atoms with Gasteiger partial charge in [-0.15, -0.1) is 0 Å². The van der Waals surface area contributed by atoms with Crippen LogP contribution in [0, 0.1) is 0 Å². The monoisotopic (exact) mass is 648 g/mol. The molecule has 11 rings (SSSR count). The molecule has 10 aromatic rings. The van der Waals surface area contributed by atoms with E-state index in [4.69, 9.17) is 0 Å². The molecule has 0 amide bonds. The Morgan fingerprint density at radius 2 is 0.824 bits per heavy atom. The third-order valence-electron chi connectivity index (χ3n) is 11.0. The number of para-hydroxylation sites is 3. The highest BCUT2D eigenvalue weighted by atomic mass is 15.0. The topological polar surface area (TPSA) is 9.86 Å². The molecule has 0 saturated heterocycles. The molecule has 2 heterocycles. The Hall–Kier alpha value is -6.64. The first-order chi connectivity index (χ1) is 25.3. The Balaban J connectivity index is 1.07. The molecule has 0 N–H and O–H groups in total. The molecular weight excluding hydrogens is 617 g/mol. The van der Waals surface area contributed by atoms with Gasteiger partial charge in [0.2, 0.25) is 0 Å². The lowest BCUT2D eigenvalue weighted by Crippen LogP contribution is -1.97. The summed E-state index contributed by atoms with van der Waals surface area (Å²) in [6.45, 7) is 0. The van der Waals surface area contributed by atoms with E-state index in [1.54, 1.807) is 0 Å².